The van der Waals surface area contributed by atoms with Crippen molar-refractivity contribution < 1.29 is 37.3 Å². The minimum absolute atomic E-state index is 0.0345. The topological polar surface area (TPSA) is 79.3 Å². The molecule has 40 heavy (non-hydrogen) atoms. The van der Waals surface area contributed by atoms with E-state index >= 15 is 0 Å². The van der Waals surface area contributed by atoms with Gasteiger partial charge in [-0.2, -0.15) is 0 Å². The molecular formula is C30H29F3N2O5. The van der Waals surface area contributed by atoms with Gasteiger partial charge in [-0.3, -0.25) is 9.80 Å². The molecule has 2 aliphatic rings. The van der Waals surface area contributed by atoms with Gasteiger partial charge in [0.15, 0.2) is 11.6 Å². The Kier molecular flexibility index (Phi) is 7.46. The molecule has 2 saturated heterocycles. The Bertz CT molecular complexity index is 1440. The minimum atomic E-state index is -1.25. The molecule has 5 rings (SSSR count). The standard InChI is InChI=1S/C30H29F3N2O5/c1-18(2)39-22-7-8-23(24-14-26(32)27(33)15-25(24)31)20(13-22)16-34-11-9-30(10-12-34)17-35(29(38)40-30)21-5-3-19(4-6-21)28(36)37/h3-8,13-15,18H,9-12,16-17H2,1-2H3,(H,36,37). The summed E-state index contributed by atoms with van der Waals surface area (Å²) in [6.07, 6.45) is 0.541. The molecular weight excluding hydrogens is 525 g/mol. The zero-order valence-electron chi connectivity index (χ0n) is 22.1. The first-order valence-corrected chi connectivity index (χ1v) is 13.0. The summed E-state index contributed by atoms with van der Waals surface area (Å²) in [6, 6.07) is 12.6. The summed E-state index contributed by atoms with van der Waals surface area (Å²) in [4.78, 5) is 27.5. The van der Waals surface area contributed by atoms with E-state index in [1.807, 2.05) is 13.8 Å². The Balaban J connectivity index is 1.33. The van der Waals surface area contributed by atoms with Gasteiger partial charge in [-0.25, -0.2) is 22.8 Å². The number of halogens is 3. The van der Waals surface area contributed by atoms with Crippen molar-refractivity contribution >= 4 is 17.7 Å². The Hall–Kier alpha value is -4.05. The third-order valence-corrected chi connectivity index (χ3v) is 7.31. The Labute approximate surface area is 229 Å². The maximum atomic E-state index is 14.7. The lowest BCUT2D eigenvalue weighted by molar-refractivity contribution is -0.000967. The number of nitrogens with zero attached hydrogens (tertiary/aromatic N) is 2. The molecule has 2 heterocycles. The van der Waals surface area contributed by atoms with Gasteiger partial charge in [0, 0.05) is 49.8 Å². The number of ether oxygens (including phenoxy) is 2. The molecule has 3 aromatic rings. The van der Waals surface area contributed by atoms with Gasteiger partial charge in [0.25, 0.3) is 0 Å². The SMILES string of the molecule is CC(C)Oc1ccc(-c2cc(F)c(F)cc2F)c(CN2CCC3(CC2)CN(c2ccc(C(=O)O)cc2)C(=O)O3)c1. The van der Waals surface area contributed by atoms with Crippen molar-refractivity contribution in [1.29, 1.82) is 0 Å². The van der Waals surface area contributed by atoms with Crippen molar-refractivity contribution in [3.63, 3.8) is 0 Å². The number of benzene rings is 3. The number of anilines is 1. The van der Waals surface area contributed by atoms with E-state index < -0.39 is 35.1 Å². The van der Waals surface area contributed by atoms with E-state index in [9.17, 15) is 22.8 Å². The molecule has 0 bridgehead atoms. The lowest BCUT2D eigenvalue weighted by Gasteiger charge is -2.37. The minimum Gasteiger partial charge on any atom is -0.491 e. The summed E-state index contributed by atoms with van der Waals surface area (Å²) < 4.78 is 54.0. The van der Waals surface area contributed by atoms with E-state index in [-0.39, 0.29) is 17.2 Å². The highest BCUT2D eigenvalue weighted by molar-refractivity contribution is 5.92. The maximum Gasteiger partial charge on any atom is 0.415 e. The van der Waals surface area contributed by atoms with Crippen molar-refractivity contribution in [2.75, 3.05) is 24.5 Å². The van der Waals surface area contributed by atoms with E-state index in [0.717, 1.165) is 6.07 Å². The molecule has 0 aliphatic carbocycles. The van der Waals surface area contributed by atoms with Gasteiger partial charge in [0.2, 0.25) is 0 Å². The molecule has 0 atom stereocenters. The highest BCUT2D eigenvalue weighted by Crippen LogP contribution is 2.37. The molecule has 1 amide bonds. The third kappa shape index (κ3) is 5.62. The van der Waals surface area contributed by atoms with Crippen LogP contribution in [0.2, 0.25) is 0 Å². The van der Waals surface area contributed by atoms with Crippen molar-refractivity contribution in [2.24, 2.45) is 0 Å². The molecule has 0 unspecified atom stereocenters. The number of carbonyl (C=O) groups excluding carboxylic acids is 1. The van der Waals surface area contributed by atoms with Crippen LogP contribution in [0.4, 0.5) is 23.7 Å². The number of aromatic carboxylic acids is 1. The van der Waals surface area contributed by atoms with Crippen molar-refractivity contribution in [2.45, 2.75) is 44.9 Å². The number of rotatable bonds is 7. The number of likely N-dealkylation sites (tertiary alicyclic amines) is 1. The second kappa shape index (κ2) is 10.8. The first kappa shape index (κ1) is 27.5. The third-order valence-electron chi connectivity index (χ3n) is 7.31. The predicted octanol–water partition coefficient (Wildman–Crippen LogP) is 6.25. The fourth-order valence-corrected chi connectivity index (χ4v) is 5.26. The lowest BCUT2D eigenvalue weighted by atomic mass is 9.90. The van der Waals surface area contributed by atoms with Gasteiger partial charge in [-0.1, -0.05) is 6.07 Å². The number of carbonyl (C=O) groups is 2. The molecule has 1 N–H and O–H groups in total. The van der Waals surface area contributed by atoms with Crippen LogP contribution in [-0.4, -0.2) is 53.4 Å². The number of amides is 1. The van der Waals surface area contributed by atoms with Crippen LogP contribution in [0.3, 0.4) is 0 Å². The van der Waals surface area contributed by atoms with Gasteiger partial charge in [-0.05, 0) is 67.4 Å². The summed E-state index contributed by atoms with van der Waals surface area (Å²) in [5, 5.41) is 9.13. The maximum absolute atomic E-state index is 14.7. The van der Waals surface area contributed by atoms with Crippen LogP contribution in [0.5, 0.6) is 5.75 Å². The van der Waals surface area contributed by atoms with E-state index in [2.05, 4.69) is 4.90 Å². The van der Waals surface area contributed by atoms with E-state index in [0.29, 0.717) is 67.7 Å². The summed E-state index contributed by atoms with van der Waals surface area (Å²) in [5.41, 5.74) is 1.11. The van der Waals surface area contributed by atoms with E-state index in [4.69, 9.17) is 14.6 Å². The van der Waals surface area contributed by atoms with E-state index in [1.165, 1.54) is 17.0 Å². The van der Waals surface area contributed by atoms with E-state index in [1.54, 1.807) is 30.3 Å². The smallest absolute Gasteiger partial charge is 0.415 e. The number of piperidine rings is 1. The second-order valence-corrected chi connectivity index (χ2v) is 10.5. The van der Waals surface area contributed by atoms with Crippen molar-refractivity contribution in [1.82, 2.24) is 4.90 Å². The molecule has 0 aromatic heterocycles. The molecule has 0 saturated carbocycles. The average molecular weight is 555 g/mol. The van der Waals surface area contributed by atoms with Gasteiger partial charge in [-0.15, -0.1) is 0 Å². The molecule has 7 nitrogen and oxygen atoms in total. The number of hydrogen-bond acceptors (Lipinski definition) is 5. The van der Waals surface area contributed by atoms with Crippen LogP contribution in [0.15, 0.2) is 54.6 Å². The van der Waals surface area contributed by atoms with Crippen molar-refractivity contribution in [3.05, 3.63) is 83.2 Å². The Morgan fingerprint density at radius 1 is 0.975 bits per heavy atom. The average Bonchev–Trinajstić information content (AvgIpc) is 3.23. The first-order valence-electron chi connectivity index (χ1n) is 13.0. The summed E-state index contributed by atoms with van der Waals surface area (Å²) >= 11 is 0. The van der Waals surface area contributed by atoms with Crippen LogP contribution >= 0.6 is 0 Å². The lowest BCUT2D eigenvalue weighted by Crippen LogP contribution is -2.46. The van der Waals surface area contributed by atoms with Crippen LogP contribution in [0.1, 0.15) is 42.6 Å². The van der Waals surface area contributed by atoms with Crippen LogP contribution < -0.4 is 9.64 Å². The molecule has 210 valence electrons. The highest BCUT2D eigenvalue weighted by Gasteiger charge is 2.47. The second-order valence-electron chi connectivity index (χ2n) is 10.5. The summed E-state index contributed by atoms with van der Waals surface area (Å²) in [6.45, 7) is 5.67. The van der Waals surface area contributed by atoms with Crippen LogP contribution in [0, 0.1) is 17.5 Å². The van der Waals surface area contributed by atoms with Gasteiger partial charge in [0.1, 0.15) is 17.2 Å². The van der Waals surface area contributed by atoms with Crippen molar-refractivity contribution in [3.8, 4) is 16.9 Å². The largest absolute Gasteiger partial charge is 0.491 e. The molecule has 2 fully saturated rings. The monoisotopic (exact) mass is 554 g/mol. The number of carboxylic acids is 1. The van der Waals surface area contributed by atoms with Gasteiger partial charge >= 0.3 is 12.1 Å². The molecule has 1 spiro atoms. The number of carboxylic acid groups (broad SMARTS) is 1. The quantitative estimate of drug-likeness (QED) is 0.348. The highest BCUT2D eigenvalue weighted by atomic mass is 19.2. The summed E-state index contributed by atoms with van der Waals surface area (Å²) in [7, 11) is 0. The van der Waals surface area contributed by atoms with Crippen LogP contribution in [-0.2, 0) is 11.3 Å². The zero-order valence-corrected chi connectivity index (χ0v) is 22.1. The normalized spacial score (nSPS) is 16.9. The van der Waals surface area contributed by atoms with Gasteiger partial charge < -0.3 is 14.6 Å². The number of hydrogen-bond donors (Lipinski definition) is 1. The summed E-state index contributed by atoms with van der Waals surface area (Å²) in [5.74, 6) is -3.70. The molecule has 2 aliphatic heterocycles. The fraction of sp³-hybridized carbons (Fsp3) is 0.333. The fourth-order valence-electron chi connectivity index (χ4n) is 5.26. The first-order chi connectivity index (χ1) is 19.0. The molecule has 0 radical (unpaired) electrons. The molecule has 10 heteroatoms. The Morgan fingerprint density at radius 2 is 1.65 bits per heavy atom. The van der Waals surface area contributed by atoms with Crippen LogP contribution in [0.25, 0.3) is 11.1 Å². The van der Waals surface area contributed by atoms with Gasteiger partial charge in [0.05, 0.1) is 18.2 Å². The Morgan fingerprint density at radius 3 is 2.30 bits per heavy atom. The predicted molar refractivity (Wildman–Crippen MR) is 142 cm³/mol. The zero-order chi connectivity index (χ0) is 28.6. The molecule has 3 aromatic carbocycles.